The smallest absolute Gasteiger partial charge is 0.255 e. The Morgan fingerprint density at radius 2 is 1.73 bits per heavy atom. The van der Waals surface area contributed by atoms with Crippen molar-refractivity contribution < 1.29 is 14.7 Å². The van der Waals surface area contributed by atoms with Gasteiger partial charge >= 0.3 is 0 Å². The van der Waals surface area contributed by atoms with Gasteiger partial charge in [0.25, 0.3) is 11.8 Å². The van der Waals surface area contributed by atoms with Crippen LogP contribution < -0.4 is 10.7 Å². The number of nitrogens with zero attached hydrogens (tertiary/aromatic N) is 4. The van der Waals surface area contributed by atoms with E-state index in [1.165, 1.54) is 0 Å². The monoisotopic (exact) mass is 424 g/mol. The summed E-state index contributed by atoms with van der Waals surface area (Å²) < 4.78 is 0. The number of aliphatic hydroxyl groups is 1. The molecule has 2 heterocycles. The third-order valence-electron chi connectivity index (χ3n) is 5.97. The minimum absolute atomic E-state index is 0.151. The molecule has 0 bridgehead atoms. The summed E-state index contributed by atoms with van der Waals surface area (Å²) in [6.07, 6.45) is 1.05. The Hall–Kier alpha value is -2.77. The Bertz CT molecular complexity index is 1170. The predicted molar refractivity (Wildman–Crippen MR) is 111 cm³/mol. The zero-order chi connectivity index (χ0) is 20.9. The molecule has 1 saturated carbocycles. The largest absolute Gasteiger partial charge is 0.380 e. The van der Waals surface area contributed by atoms with Crippen LogP contribution in [0.4, 0.5) is 0 Å². The van der Waals surface area contributed by atoms with Gasteiger partial charge in [0.2, 0.25) is 0 Å². The molecule has 8 heteroatoms. The number of halogens is 1. The first-order chi connectivity index (χ1) is 14.5. The fraction of sp³-hybridized carbons (Fsp3) is 0.364. The van der Waals surface area contributed by atoms with E-state index < -0.39 is 5.60 Å². The second-order valence-corrected chi connectivity index (χ2v) is 8.35. The van der Waals surface area contributed by atoms with Gasteiger partial charge in [-0.1, -0.05) is 29.8 Å². The van der Waals surface area contributed by atoms with Gasteiger partial charge in [-0.2, -0.15) is 0 Å². The molecule has 2 aliphatic heterocycles. The second kappa shape index (κ2) is 7.18. The van der Waals surface area contributed by atoms with E-state index in [0.29, 0.717) is 56.3 Å². The zero-order valence-electron chi connectivity index (χ0n) is 16.3. The van der Waals surface area contributed by atoms with Gasteiger partial charge in [-0.15, -0.1) is 0 Å². The fourth-order valence-corrected chi connectivity index (χ4v) is 4.27. The number of para-hydroxylation sites is 1. The van der Waals surface area contributed by atoms with Gasteiger partial charge in [0.1, 0.15) is 12.3 Å². The van der Waals surface area contributed by atoms with Crippen molar-refractivity contribution in [3.8, 4) is 11.1 Å². The summed E-state index contributed by atoms with van der Waals surface area (Å²) in [4.78, 5) is 37.4. The molecule has 0 unspecified atom stereocenters. The second-order valence-electron chi connectivity index (χ2n) is 7.94. The van der Waals surface area contributed by atoms with Crippen molar-refractivity contribution in [1.29, 1.82) is 0 Å². The van der Waals surface area contributed by atoms with Gasteiger partial charge in [-0.25, -0.2) is 0 Å². The van der Waals surface area contributed by atoms with Crippen molar-refractivity contribution in [2.45, 2.75) is 18.4 Å². The topological polar surface area (TPSA) is 85.6 Å². The SMILES string of the molecule is O=C(c1ccc(-c2cccc3c2=NCN=3)cc1Cl)N1CCN(C(=O)C2(O)CC2)CC1. The van der Waals surface area contributed by atoms with Gasteiger partial charge in [0.05, 0.1) is 21.3 Å². The molecule has 0 aromatic heterocycles. The minimum Gasteiger partial charge on any atom is -0.380 e. The molecule has 2 aromatic carbocycles. The van der Waals surface area contributed by atoms with Crippen LogP contribution in [0.1, 0.15) is 23.2 Å². The van der Waals surface area contributed by atoms with Crippen molar-refractivity contribution in [3.63, 3.8) is 0 Å². The number of benzene rings is 2. The van der Waals surface area contributed by atoms with Gasteiger partial charge in [0.15, 0.2) is 0 Å². The number of piperazine rings is 1. The minimum atomic E-state index is -1.16. The van der Waals surface area contributed by atoms with E-state index in [1.54, 1.807) is 21.9 Å². The highest BCUT2D eigenvalue weighted by Crippen LogP contribution is 2.37. The molecule has 2 aromatic rings. The van der Waals surface area contributed by atoms with E-state index in [-0.39, 0.29) is 11.8 Å². The molecule has 3 aliphatic rings. The molecule has 5 rings (SSSR count). The highest BCUT2D eigenvalue weighted by atomic mass is 35.5. The maximum absolute atomic E-state index is 13.0. The van der Waals surface area contributed by atoms with E-state index in [1.807, 2.05) is 24.3 Å². The van der Waals surface area contributed by atoms with Crippen LogP contribution in [0, 0.1) is 0 Å². The number of rotatable bonds is 3. The lowest BCUT2D eigenvalue weighted by atomic mass is 10.0. The molecule has 0 radical (unpaired) electrons. The Kier molecular flexibility index (Phi) is 4.60. The number of hydrogen-bond acceptors (Lipinski definition) is 5. The predicted octanol–water partition coefficient (Wildman–Crippen LogP) is 1.03. The standard InChI is InChI=1S/C22H21ClN4O3/c23-17-12-14(15-2-1-3-18-19(15)25-13-24-18)4-5-16(17)20(28)26-8-10-27(11-9-26)21(29)22(30)6-7-22/h1-5,12,30H,6-11,13H2. The van der Waals surface area contributed by atoms with Crippen molar-refractivity contribution in [2.75, 3.05) is 32.8 Å². The molecule has 30 heavy (non-hydrogen) atoms. The van der Waals surface area contributed by atoms with Crippen LogP contribution in [0.15, 0.2) is 46.4 Å². The summed E-state index contributed by atoms with van der Waals surface area (Å²) in [6, 6.07) is 11.3. The van der Waals surface area contributed by atoms with E-state index in [9.17, 15) is 14.7 Å². The van der Waals surface area contributed by atoms with E-state index in [4.69, 9.17) is 11.6 Å². The van der Waals surface area contributed by atoms with Crippen LogP contribution in [0.5, 0.6) is 0 Å². The number of amides is 2. The molecule has 2 amide bonds. The third kappa shape index (κ3) is 3.28. The molecule has 1 N–H and O–H groups in total. The molecular formula is C22H21ClN4O3. The van der Waals surface area contributed by atoms with E-state index >= 15 is 0 Å². The summed E-state index contributed by atoms with van der Waals surface area (Å²) >= 11 is 6.49. The van der Waals surface area contributed by atoms with Gasteiger partial charge in [-0.3, -0.25) is 19.6 Å². The van der Waals surface area contributed by atoms with Crippen molar-refractivity contribution in [3.05, 3.63) is 57.7 Å². The molecule has 7 nitrogen and oxygen atoms in total. The van der Waals surface area contributed by atoms with Gasteiger partial charge < -0.3 is 14.9 Å². The van der Waals surface area contributed by atoms with Crippen LogP contribution in [0.25, 0.3) is 11.1 Å². The van der Waals surface area contributed by atoms with Crippen molar-refractivity contribution in [2.24, 2.45) is 9.98 Å². The molecule has 0 atom stereocenters. The van der Waals surface area contributed by atoms with E-state index in [2.05, 4.69) is 9.98 Å². The maximum atomic E-state index is 13.0. The lowest BCUT2D eigenvalue weighted by Crippen LogP contribution is -2.53. The Morgan fingerprint density at radius 1 is 1.00 bits per heavy atom. The number of hydrogen-bond donors (Lipinski definition) is 1. The van der Waals surface area contributed by atoms with Crippen molar-refractivity contribution >= 4 is 23.4 Å². The van der Waals surface area contributed by atoms with Gasteiger partial charge in [0, 0.05) is 31.7 Å². The first-order valence-corrected chi connectivity index (χ1v) is 10.4. The normalized spacial score (nSPS) is 19.0. The summed E-state index contributed by atoms with van der Waals surface area (Å²) in [6.45, 7) is 2.12. The third-order valence-corrected chi connectivity index (χ3v) is 6.28. The molecule has 1 aliphatic carbocycles. The van der Waals surface area contributed by atoms with Crippen LogP contribution >= 0.6 is 11.6 Å². The number of carbonyl (C=O) groups is 2. The van der Waals surface area contributed by atoms with E-state index in [0.717, 1.165) is 21.8 Å². The molecule has 154 valence electrons. The lowest BCUT2D eigenvalue weighted by Gasteiger charge is -2.36. The first-order valence-electron chi connectivity index (χ1n) is 10.1. The summed E-state index contributed by atoms with van der Waals surface area (Å²) in [5.74, 6) is -0.369. The molecule has 2 fully saturated rings. The quantitative estimate of drug-likeness (QED) is 0.798. The number of fused-ring (bicyclic) bond motifs is 1. The Balaban J connectivity index is 1.32. The molecule has 0 spiro atoms. The Labute approximate surface area is 178 Å². The fourth-order valence-electron chi connectivity index (χ4n) is 4.01. The number of carbonyl (C=O) groups excluding carboxylic acids is 2. The van der Waals surface area contributed by atoms with Crippen LogP contribution in [-0.4, -0.2) is 65.2 Å². The highest BCUT2D eigenvalue weighted by molar-refractivity contribution is 6.34. The zero-order valence-corrected chi connectivity index (χ0v) is 17.1. The summed E-state index contributed by atoms with van der Waals surface area (Å²) in [5, 5.41) is 12.1. The van der Waals surface area contributed by atoms with Gasteiger partial charge in [-0.05, 0) is 36.6 Å². The molecule has 1 saturated heterocycles. The van der Waals surface area contributed by atoms with Crippen LogP contribution in [0.3, 0.4) is 0 Å². The maximum Gasteiger partial charge on any atom is 0.255 e. The summed E-state index contributed by atoms with van der Waals surface area (Å²) in [5.41, 5.74) is 1.11. The Morgan fingerprint density at radius 3 is 2.43 bits per heavy atom. The lowest BCUT2D eigenvalue weighted by molar-refractivity contribution is -0.143. The average Bonchev–Trinajstić information content (AvgIpc) is 3.33. The van der Waals surface area contributed by atoms with Crippen molar-refractivity contribution in [1.82, 2.24) is 9.80 Å². The van der Waals surface area contributed by atoms with Crippen LogP contribution in [-0.2, 0) is 4.79 Å². The average molecular weight is 425 g/mol. The summed E-state index contributed by atoms with van der Waals surface area (Å²) in [7, 11) is 0. The first kappa shape index (κ1) is 19.2. The molecular weight excluding hydrogens is 404 g/mol. The highest BCUT2D eigenvalue weighted by Gasteiger charge is 2.50. The van der Waals surface area contributed by atoms with Crippen LogP contribution in [0.2, 0.25) is 5.02 Å².